The number of anilines is 1. The largest absolute Gasteiger partial charge is 0.389 e. The number of thiocarbonyl (C=S) groups is 1. The van der Waals surface area contributed by atoms with Gasteiger partial charge in [-0.05, 0) is 23.8 Å². The van der Waals surface area contributed by atoms with Crippen molar-refractivity contribution in [3.05, 3.63) is 58.2 Å². The van der Waals surface area contributed by atoms with Crippen LogP contribution in [0.15, 0.2) is 47.1 Å². The van der Waals surface area contributed by atoms with Gasteiger partial charge in [0.15, 0.2) is 0 Å². The zero-order valence-electron chi connectivity index (χ0n) is 10.5. The van der Waals surface area contributed by atoms with E-state index in [9.17, 15) is 0 Å². The lowest BCUT2D eigenvalue weighted by molar-refractivity contribution is 0.892. The maximum absolute atomic E-state index is 5.73. The molecule has 2 N–H and O–H groups in total. The average molecular weight is 336 g/mol. The van der Waals surface area contributed by atoms with Crippen LogP contribution in [0.2, 0.25) is 0 Å². The van der Waals surface area contributed by atoms with Gasteiger partial charge in [-0.3, -0.25) is 0 Å². The quantitative estimate of drug-likeness (QED) is 0.871. The Kier molecular flexibility index (Phi) is 4.50. The van der Waals surface area contributed by atoms with Crippen LogP contribution in [0.4, 0.5) is 5.82 Å². The van der Waals surface area contributed by atoms with Gasteiger partial charge in [-0.15, -0.1) is 0 Å². The third-order valence-corrected chi connectivity index (χ3v) is 3.77. The predicted molar refractivity (Wildman–Crippen MR) is 86.4 cm³/mol. The maximum atomic E-state index is 5.73. The van der Waals surface area contributed by atoms with Gasteiger partial charge < -0.3 is 10.6 Å². The van der Waals surface area contributed by atoms with E-state index >= 15 is 0 Å². The normalized spacial score (nSPS) is 10.2. The summed E-state index contributed by atoms with van der Waals surface area (Å²) in [4.78, 5) is 6.77. The van der Waals surface area contributed by atoms with Crippen LogP contribution < -0.4 is 10.6 Å². The molecule has 0 unspecified atom stereocenters. The molecule has 19 heavy (non-hydrogen) atoms. The molecule has 0 spiro atoms. The third-order valence-electron chi connectivity index (χ3n) is 2.78. The fourth-order valence-corrected chi connectivity index (χ4v) is 2.42. The van der Waals surface area contributed by atoms with E-state index in [-0.39, 0.29) is 0 Å². The molecule has 0 aliphatic rings. The highest BCUT2D eigenvalue weighted by atomic mass is 79.9. The Hall–Kier alpha value is -1.46. The lowest BCUT2D eigenvalue weighted by atomic mass is 10.2. The van der Waals surface area contributed by atoms with E-state index in [1.807, 2.05) is 42.3 Å². The van der Waals surface area contributed by atoms with Crippen molar-refractivity contribution >= 4 is 39.0 Å². The number of hydrogen-bond acceptors (Lipinski definition) is 3. The van der Waals surface area contributed by atoms with E-state index in [0.29, 0.717) is 4.99 Å². The first kappa shape index (κ1) is 14.0. The van der Waals surface area contributed by atoms with E-state index in [0.717, 1.165) is 22.4 Å². The van der Waals surface area contributed by atoms with E-state index < -0.39 is 0 Å². The van der Waals surface area contributed by atoms with Gasteiger partial charge in [-0.25, -0.2) is 4.98 Å². The first-order valence-electron chi connectivity index (χ1n) is 5.79. The molecule has 5 heteroatoms. The molecule has 0 bridgehead atoms. The molecule has 1 aromatic carbocycles. The second kappa shape index (κ2) is 6.12. The Labute approximate surface area is 126 Å². The van der Waals surface area contributed by atoms with Crippen LogP contribution in [0.25, 0.3) is 0 Å². The van der Waals surface area contributed by atoms with Crippen molar-refractivity contribution in [1.82, 2.24) is 4.98 Å². The van der Waals surface area contributed by atoms with E-state index in [4.69, 9.17) is 18.0 Å². The van der Waals surface area contributed by atoms with Crippen molar-refractivity contribution in [3.63, 3.8) is 0 Å². The number of benzene rings is 1. The third kappa shape index (κ3) is 3.30. The molecule has 3 nitrogen and oxygen atoms in total. The minimum absolute atomic E-state index is 0.363. The summed E-state index contributed by atoms with van der Waals surface area (Å²) in [5.74, 6) is 0.797. The Morgan fingerprint density at radius 2 is 2.05 bits per heavy atom. The SMILES string of the molecule is CN(Cc1ccccc1Br)c1ncccc1C(N)=S. The molecular weight excluding hydrogens is 322 g/mol. The van der Waals surface area contributed by atoms with E-state index in [1.54, 1.807) is 6.20 Å². The zero-order valence-corrected chi connectivity index (χ0v) is 12.9. The molecule has 98 valence electrons. The number of pyridine rings is 1. The molecule has 0 atom stereocenters. The van der Waals surface area contributed by atoms with Gasteiger partial charge in [0.25, 0.3) is 0 Å². The standard InChI is InChI=1S/C14H14BrN3S/c1-18(9-10-5-2-3-7-12(10)15)14-11(13(16)19)6-4-8-17-14/h2-8H,9H2,1H3,(H2,16,19). The minimum atomic E-state index is 0.363. The minimum Gasteiger partial charge on any atom is -0.389 e. The first-order chi connectivity index (χ1) is 9.09. The summed E-state index contributed by atoms with van der Waals surface area (Å²) in [6.45, 7) is 0.730. The summed E-state index contributed by atoms with van der Waals surface area (Å²) >= 11 is 8.61. The molecule has 0 radical (unpaired) electrons. The highest BCUT2D eigenvalue weighted by Crippen LogP contribution is 2.22. The zero-order chi connectivity index (χ0) is 13.8. The van der Waals surface area contributed by atoms with E-state index in [1.165, 1.54) is 5.56 Å². The number of rotatable bonds is 4. The van der Waals surface area contributed by atoms with Crippen LogP contribution in [0.5, 0.6) is 0 Å². The second-order valence-corrected chi connectivity index (χ2v) is 5.48. The number of aromatic nitrogens is 1. The molecule has 2 aromatic rings. The van der Waals surface area contributed by atoms with Crippen LogP contribution in [-0.2, 0) is 6.54 Å². The Balaban J connectivity index is 2.28. The van der Waals surface area contributed by atoms with Crippen LogP contribution >= 0.6 is 28.1 Å². The van der Waals surface area contributed by atoms with Gasteiger partial charge in [-0.1, -0.05) is 46.3 Å². The molecule has 0 aliphatic carbocycles. The van der Waals surface area contributed by atoms with E-state index in [2.05, 4.69) is 27.0 Å². The van der Waals surface area contributed by atoms with Crippen molar-refractivity contribution in [1.29, 1.82) is 0 Å². The monoisotopic (exact) mass is 335 g/mol. The van der Waals surface area contributed by atoms with Crippen LogP contribution in [0, 0.1) is 0 Å². The molecule has 0 amide bonds. The smallest absolute Gasteiger partial charge is 0.138 e. The molecular formula is C14H14BrN3S. The maximum Gasteiger partial charge on any atom is 0.138 e. The summed E-state index contributed by atoms with van der Waals surface area (Å²) in [6, 6.07) is 11.8. The molecule has 1 heterocycles. The van der Waals surface area contributed by atoms with Crippen molar-refractivity contribution < 1.29 is 0 Å². The summed E-state index contributed by atoms with van der Waals surface area (Å²) in [7, 11) is 1.98. The highest BCUT2D eigenvalue weighted by molar-refractivity contribution is 9.10. The molecule has 0 saturated carbocycles. The average Bonchev–Trinajstić information content (AvgIpc) is 2.41. The van der Waals surface area contributed by atoms with Crippen LogP contribution in [0.1, 0.15) is 11.1 Å². The molecule has 0 aliphatic heterocycles. The molecule has 1 aromatic heterocycles. The van der Waals surface area contributed by atoms with Crippen molar-refractivity contribution in [3.8, 4) is 0 Å². The molecule has 2 rings (SSSR count). The van der Waals surface area contributed by atoms with Crippen molar-refractivity contribution in [2.45, 2.75) is 6.54 Å². The second-order valence-electron chi connectivity index (χ2n) is 4.19. The number of nitrogens with zero attached hydrogens (tertiary/aromatic N) is 2. The van der Waals surface area contributed by atoms with Crippen LogP contribution in [-0.4, -0.2) is 17.0 Å². The Morgan fingerprint density at radius 1 is 1.32 bits per heavy atom. The van der Waals surface area contributed by atoms with Gasteiger partial charge in [-0.2, -0.15) is 0 Å². The summed E-state index contributed by atoms with van der Waals surface area (Å²) in [6.07, 6.45) is 1.74. The topological polar surface area (TPSA) is 42.2 Å². The van der Waals surface area contributed by atoms with Gasteiger partial charge in [0.1, 0.15) is 10.8 Å². The summed E-state index contributed by atoms with van der Waals surface area (Å²) in [5, 5.41) is 0. The summed E-state index contributed by atoms with van der Waals surface area (Å²) in [5.41, 5.74) is 7.71. The van der Waals surface area contributed by atoms with Gasteiger partial charge >= 0.3 is 0 Å². The lowest BCUT2D eigenvalue weighted by Gasteiger charge is -2.21. The number of halogens is 1. The number of hydrogen-bond donors (Lipinski definition) is 1. The molecule has 0 fully saturated rings. The highest BCUT2D eigenvalue weighted by Gasteiger charge is 2.11. The fraction of sp³-hybridized carbons (Fsp3) is 0.143. The van der Waals surface area contributed by atoms with Gasteiger partial charge in [0.05, 0.1) is 5.56 Å². The predicted octanol–water partition coefficient (Wildman–Crippen LogP) is 3.11. The lowest BCUT2D eigenvalue weighted by Crippen LogP contribution is -2.22. The van der Waals surface area contributed by atoms with Crippen LogP contribution in [0.3, 0.4) is 0 Å². The summed E-state index contributed by atoms with van der Waals surface area (Å²) < 4.78 is 1.08. The Morgan fingerprint density at radius 3 is 2.74 bits per heavy atom. The van der Waals surface area contributed by atoms with Gasteiger partial charge in [0.2, 0.25) is 0 Å². The molecule has 0 saturated heterocycles. The first-order valence-corrected chi connectivity index (χ1v) is 6.99. The number of nitrogens with two attached hydrogens (primary N) is 1. The fourth-order valence-electron chi connectivity index (χ4n) is 1.85. The van der Waals surface area contributed by atoms with Crippen molar-refractivity contribution in [2.24, 2.45) is 5.73 Å². The van der Waals surface area contributed by atoms with Crippen molar-refractivity contribution in [2.75, 3.05) is 11.9 Å². The van der Waals surface area contributed by atoms with Gasteiger partial charge in [0, 0.05) is 24.3 Å². The Bertz CT molecular complexity index is 601.